The van der Waals surface area contributed by atoms with Gasteiger partial charge in [0.05, 0.1) is 12.0 Å². The average Bonchev–Trinajstić information content (AvgIpc) is 2.87. The summed E-state index contributed by atoms with van der Waals surface area (Å²) in [5.41, 5.74) is -0.0918. The van der Waals surface area contributed by atoms with Gasteiger partial charge in [0.2, 0.25) is 17.8 Å². The second-order valence-corrected chi connectivity index (χ2v) is 8.38. The number of carbonyl (C=O) groups is 1. The van der Waals surface area contributed by atoms with Crippen LogP contribution in [0.5, 0.6) is 6.01 Å². The van der Waals surface area contributed by atoms with Crippen molar-refractivity contribution in [2.45, 2.75) is 18.8 Å². The molecule has 0 bridgehead atoms. The molecule has 1 aliphatic rings. The van der Waals surface area contributed by atoms with Gasteiger partial charge in [-0.1, -0.05) is 36.4 Å². The number of aromatic nitrogens is 3. The van der Waals surface area contributed by atoms with Gasteiger partial charge < -0.3 is 19.9 Å². The number of hydrogen-bond acceptors (Lipinski definition) is 7. The summed E-state index contributed by atoms with van der Waals surface area (Å²) < 4.78 is 82.0. The molecule has 202 valence electrons. The molecule has 0 aliphatic carbocycles. The van der Waals surface area contributed by atoms with Crippen LogP contribution in [0.15, 0.2) is 54.6 Å². The van der Waals surface area contributed by atoms with Crippen LogP contribution in [0.3, 0.4) is 0 Å². The lowest BCUT2D eigenvalue weighted by Gasteiger charge is -2.35. The molecule has 1 amide bonds. The Morgan fingerprint density at radius 3 is 2.26 bits per heavy atom. The normalized spacial score (nSPS) is 14.4. The predicted octanol–water partition coefficient (Wildman–Crippen LogP) is 4.47. The van der Waals surface area contributed by atoms with Gasteiger partial charge >= 0.3 is 18.4 Å². The number of halogens is 6. The van der Waals surface area contributed by atoms with Crippen LogP contribution < -0.4 is 15.0 Å². The van der Waals surface area contributed by atoms with E-state index < -0.39 is 30.5 Å². The molecule has 1 aromatic heterocycles. The highest BCUT2D eigenvalue weighted by Crippen LogP contribution is 2.31. The number of alkyl halides is 6. The second-order valence-electron chi connectivity index (χ2n) is 8.38. The average molecular weight is 540 g/mol. The summed E-state index contributed by atoms with van der Waals surface area (Å²) in [6, 6.07) is 12.8. The van der Waals surface area contributed by atoms with E-state index >= 15 is 0 Å². The number of amides is 1. The number of piperazine rings is 1. The molecular weight excluding hydrogens is 518 g/mol. The summed E-state index contributed by atoms with van der Waals surface area (Å²) in [7, 11) is 0. The van der Waals surface area contributed by atoms with Crippen LogP contribution in [0.2, 0.25) is 0 Å². The summed E-state index contributed by atoms with van der Waals surface area (Å²) in [5, 5.41) is 2.57. The Morgan fingerprint density at radius 1 is 0.895 bits per heavy atom. The molecule has 0 spiro atoms. The minimum absolute atomic E-state index is 0.0323. The van der Waals surface area contributed by atoms with E-state index in [1.807, 2.05) is 30.3 Å². The summed E-state index contributed by atoms with van der Waals surface area (Å²) in [6.45, 7) is -0.501. The number of nitrogens with one attached hydrogen (secondary N) is 1. The predicted molar refractivity (Wildman–Crippen MR) is 125 cm³/mol. The van der Waals surface area contributed by atoms with Crippen LogP contribution in [-0.4, -0.2) is 64.7 Å². The molecule has 1 N–H and O–H groups in total. The summed E-state index contributed by atoms with van der Waals surface area (Å²) in [6.07, 6.45) is -9.03. The number of nitrogens with zero attached hydrogens (tertiary/aromatic N) is 5. The molecule has 3 aromatic rings. The van der Waals surface area contributed by atoms with Crippen molar-refractivity contribution in [3.05, 3.63) is 65.7 Å². The highest BCUT2D eigenvalue weighted by Gasteiger charge is 2.31. The van der Waals surface area contributed by atoms with Crippen LogP contribution >= 0.6 is 0 Å². The maximum absolute atomic E-state index is 13.1. The standard InChI is InChI=1S/C24H22F6N6O2/c25-23(26,27)15-38-22-33-20(31-18-8-4-7-17(14-18)24(28,29)30)32-21(34-22)36-11-9-35(10-12-36)19(37)13-16-5-2-1-3-6-16/h1-8,14H,9-13,15H2,(H,31,32,33,34). The van der Waals surface area contributed by atoms with Crippen LogP contribution in [-0.2, 0) is 17.4 Å². The maximum Gasteiger partial charge on any atom is 0.422 e. The van der Waals surface area contributed by atoms with E-state index in [0.717, 1.165) is 17.7 Å². The van der Waals surface area contributed by atoms with Crippen LogP contribution in [0.1, 0.15) is 11.1 Å². The third kappa shape index (κ3) is 7.46. The molecule has 0 radical (unpaired) electrons. The Kier molecular flexibility index (Phi) is 7.88. The fraction of sp³-hybridized carbons (Fsp3) is 0.333. The highest BCUT2D eigenvalue weighted by molar-refractivity contribution is 5.79. The zero-order chi connectivity index (χ0) is 27.3. The fourth-order valence-electron chi connectivity index (χ4n) is 3.69. The van der Waals surface area contributed by atoms with Crippen molar-refractivity contribution in [1.29, 1.82) is 0 Å². The zero-order valence-corrected chi connectivity index (χ0v) is 19.8. The Labute approximate surface area is 213 Å². The minimum Gasteiger partial charge on any atom is -0.454 e. The van der Waals surface area contributed by atoms with Gasteiger partial charge in [0.1, 0.15) is 0 Å². The molecule has 4 rings (SSSR count). The lowest BCUT2D eigenvalue weighted by Crippen LogP contribution is -2.49. The van der Waals surface area contributed by atoms with E-state index in [4.69, 9.17) is 0 Å². The SMILES string of the molecule is O=C(Cc1ccccc1)N1CCN(c2nc(Nc3cccc(C(F)(F)F)c3)nc(OCC(F)(F)F)n2)CC1. The van der Waals surface area contributed by atoms with Gasteiger partial charge in [0.25, 0.3) is 0 Å². The van der Waals surface area contributed by atoms with Crippen molar-refractivity contribution in [3.8, 4) is 6.01 Å². The topological polar surface area (TPSA) is 83.5 Å². The molecule has 1 saturated heterocycles. The molecule has 0 atom stereocenters. The molecule has 1 aliphatic heterocycles. The van der Waals surface area contributed by atoms with Gasteiger partial charge in [-0.25, -0.2) is 0 Å². The van der Waals surface area contributed by atoms with E-state index in [2.05, 4.69) is 25.0 Å². The van der Waals surface area contributed by atoms with Gasteiger partial charge in [-0.3, -0.25) is 4.79 Å². The lowest BCUT2D eigenvalue weighted by atomic mass is 10.1. The van der Waals surface area contributed by atoms with Crippen molar-refractivity contribution in [2.75, 3.05) is 43.0 Å². The summed E-state index contributed by atoms with van der Waals surface area (Å²) >= 11 is 0. The number of ether oxygens (including phenoxy) is 1. The largest absolute Gasteiger partial charge is 0.454 e. The maximum atomic E-state index is 13.1. The molecule has 0 saturated carbocycles. The van der Waals surface area contributed by atoms with Gasteiger partial charge in [0, 0.05) is 31.9 Å². The molecule has 0 unspecified atom stereocenters. The van der Waals surface area contributed by atoms with E-state index in [0.29, 0.717) is 13.1 Å². The first-order chi connectivity index (χ1) is 18.0. The number of benzene rings is 2. The number of carbonyl (C=O) groups excluding carboxylic acids is 1. The first-order valence-electron chi connectivity index (χ1n) is 11.4. The Hall–Kier alpha value is -4.10. The third-order valence-corrected chi connectivity index (χ3v) is 5.53. The molecule has 38 heavy (non-hydrogen) atoms. The first-order valence-corrected chi connectivity index (χ1v) is 11.4. The number of hydrogen-bond donors (Lipinski definition) is 1. The van der Waals surface area contributed by atoms with Gasteiger partial charge in [-0.05, 0) is 23.8 Å². The monoisotopic (exact) mass is 540 g/mol. The molecule has 2 aromatic carbocycles. The van der Waals surface area contributed by atoms with Crippen LogP contribution in [0.25, 0.3) is 0 Å². The number of anilines is 3. The van der Waals surface area contributed by atoms with Crippen molar-refractivity contribution in [2.24, 2.45) is 0 Å². The van der Waals surface area contributed by atoms with Crippen molar-refractivity contribution in [3.63, 3.8) is 0 Å². The quantitative estimate of drug-likeness (QED) is 0.443. The van der Waals surface area contributed by atoms with Gasteiger partial charge in [-0.15, -0.1) is 0 Å². The minimum atomic E-state index is -4.66. The number of rotatable bonds is 7. The molecular formula is C24H22F6N6O2. The van der Waals surface area contributed by atoms with E-state index in [-0.39, 0.29) is 43.0 Å². The van der Waals surface area contributed by atoms with Crippen molar-refractivity contribution in [1.82, 2.24) is 19.9 Å². The van der Waals surface area contributed by atoms with E-state index in [1.165, 1.54) is 12.1 Å². The Balaban J connectivity index is 1.50. The zero-order valence-electron chi connectivity index (χ0n) is 19.8. The molecule has 8 nitrogen and oxygen atoms in total. The molecule has 14 heteroatoms. The fourth-order valence-corrected chi connectivity index (χ4v) is 3.69. The lowest BCUT2D eigenvalue weighted by molar-refractivity contribution is -0.154. The van der Waals surface area contributed by atoms with Crippen molar-refractivity contribution < 1.29 is 35.9 Å². The molecule has 1 fully saturated rings. The van der Waals surface area contributed by atoms with E-state index in [1.54, 1.807) is 9.80 Å². The smallest absolute Gasteiger partial charge is 0.422 e. The first kappa shape index (κ1) is 26.9. The second kappa shape index (κ2) is 11.1. The molecule has 2 heterocycles. The van der Waals surface area contributed by atoms with Crippen molar-refractivity contribution >= 4 is 23.5 Å². The van der Waals surface area contributed by atoms with E-state index in [9.17, 15) is 31.1 Å². The van der Waals surface area contributed by atoms with Gasteiger partial charge in [0.15, 0.2) is 6.61 Å². The summed E-state index contributed by atoms with van der Waals surface area (Å²) in [5.74, 6) is -0.413. The van der Waals surface area contributed by atoms with Crippen LogP contribution in [0.4, 0.5) is 43.9 Å². The Morgan fingerprint density at radius 2 is 1.61 bits per heavy atom. The third-order valence-electron chi connectivity index (χ3n) is 5.53. The van der Waals surface area contributed by atoms with Gasteiger partial charge in [-0.2, -0.15) is 41.3 Å². The highest BCUT2D eigenvalue weighted by atomic mass is 19.4. The van der Waals surface area contributed by atoms with Crippen LogP contribution in [0, 0.1) is 0 Å². The summed E-state index contributed by atoms with van der Waals surface area (Å²) in [4.78, 5) is 27.8. The Bertz CT molecular complexity index is 1250.